The van der Waals surface area contributed by atoms with Gasteiger partial charge in [0, 0.05) is 23.9 Å². The molecule has 180 valence electrons. The number of nitro benzene ring substituents is 1. The number of pyridine rings is 1. The summed E-state index contributed by atoms with van der Waals surface area (Å²) in [7, 11) is 0. The zero-order valence-corrected chi connectivity index (χ0v) is 19.6. The molecule has 2 aromatic heterocycles. The number of aliphatic hydroxyl groups excluding tert-OH is 1. The number of nitro groups is 1. The highest BCUT2D eigenvalue weighted by Gasteiger charge is 2.48. The van der Waals surface area contributed by atoms with Crippen LogP contribution < -0.4 is 9.64 Å². The highest BCUT2D eigenvalue weighted by Crippen LogP contribution is 2.44. The number of rotatable bonds is 6. The van der Waals surface area contributed by atoms with Gasteiger partial charge in [0.15, 0.2) is 5.13 Å². The van der Waals surface area contributed by atoms with Gasteiger partial charge in [-0.25, -0.2) is 4.98 Å². The van der Waals surface area contributed by atoms with Gasteiger partial charge < -0.3 is 9.84 Å². The molecule has 5 rings (SSSR count). The molecule has 11 heteroatoms. The van der Waals surface area contributed by atoms with Crippen LogP contribution in [0.4, 0.5) is 10.8 Å². The first-order valence-electron chi connectivity index (χ1n) is 10.9. The van der Waals surface area contributed by atoms with Crippen LogP contribution in [0.3, 0.4) is 0 Å². The molecule has 1 amide bonds. The number of carbonyl (C=O) groups is 2. The number of anilines is 1. The number of fused-ring (bicyclic) bond motifs is 1. The number of carbonyl (C=O) groups excluding carboxylic acids is 2. The Labute approximate surface area is 208 Å². The van der Waals surface area contributed by atoms with E-state index in [0.717, 1.165) is 11.3 Å². The maximum atomic E-state index is 13.3. The number of nitrogens with zero attached hydrogens (tertiary/aromatic N) is 4. The molecule has 36 heavy (non-hydrogen) atoms. The minimum absolute atomic E-state index is 0.114. The zero-order chi connectivity index (χ0) is 25.4. The van der Waals surface area contributed by atoms with Gasteiger partial charge in [-0.1, -0.05) is 17.4 Å². The average Bonchev–Trinajstić information content (AvgIpc) is 3.42. The Bertz CT molecular complexity index is 1530. The Morgan fingerprint density at radius 1 is 1.17 bits per heavy atom. The van der Waals surface area contributed by atoms with Crippen LogP contribution in [0.25, 0.3) is 16.0 Å². The molecule has 0 saturated carbocycles. The van der Waals surface area contributed by atoms with Gasteiger partial charge in [0.05, 0.1) is 33.0 Å². The topological polar surface area (TPSA) is 136 Å². The van der Waals surface area contributed by atoms with E-state index in [1.54, 1.807) is 42.5 Å². The summed E-state index contributed by atoms with van der Waals surface area (Å²) in [6.45, 7) is 2.32. The predicted octanol–water partition coefficient (Wildman–Crippen LogP) is 4.62. The van der Waals surface area contributed by atoms with E-state index in [1.165, 1.54) is 29.3 Å². The molecule has 1 fully saturated rings. The number of aromatic nitrogens is 2. The number of thiazole rings is 1. The van der Waals surface area contributed by atoms with Crippen LogP contribution in [-0.2, 0) is 9.59 Å². The van der Waals surface area contributed by atoms with Crippen molar-refractivity contribution in [2.75, 3.05) is 11.5 Å². The number of amides is 1. The molecular formula is C25H18N4O6S. The first-order chi connectivity index (χ1) is 17.4. The van der Waals surface area contributed by atoms with E-state index in [9.17, 15) is 24.8 Å². The van der Waals surface area contributed by atoms with Crippen molar-refractivity contribution < 1.29 is 24.4 Å². The molecule has 1 saturated heterocycles. The molecular weight excluding hydrogens is 484 g/mol. The van der Waals surface area contributed by atoms with Gasteiger partial charge in [0.25, 0.3) is 11.5 Å². The summed E-state index contributed by atoms with van der Waals surface area (Å²) in [4.78, 5) is 47.1. The average molecular weight is 503 g/mol. The molecule has 1 aliphatic rings. The third kappa shape index (κ3) is 3.95. The lowest BCUT2D eigenvalue weighted by molar-refractivity contribution is -0.384. The molecule has 0 radical (unpaired) electrons. The van der Waals surface area contributed by atoms with Crippen LogP contribution in [0.5, 0.6) is 5.75 Å². The summed E-state index contributed by atoms with van der Waals surface area (Å²) in [6, 6.07) is 14.7. The Balaban J connectivity index is 1.66. The molecule has 3 heterocycles. The Morgan fingerprint density at radius 2 is 1.94 bits per heavy atom. The number of non-ortho nitro benzene ring substituents is 1. The van der Waals surface area contributed by atoms with Gasteiger partial charge in [-0.05, 0) is 49.4 Å². The minimum atomic E-state index is -1.05. The van der Waals surface area contributed by atoms with Gasteiger partial charge in [-0.3, -0.25) is 29.6 Å². The largest absolute Gasteiger partial charge is 0.507 e. The quantitative estimate of drug-likeness (QED) is 0.133. The summed E-state index contributed by atoms with van der Waals surface area (Å²) in [5, 5.41) is 22.5. The van der Waals surface area contributed by atoms with E-state index in [0.29, 0.717) is 33.8 Å². The number of ketones is 1. The van der Waals surface area contributed by atoms with E-state index in [-0.39, 0.29) is 22.2 Å². The van der Waals surface area contributed by atoms with Crippen molar-refractivity contribution in [3.05, 3.63) is 93.8 Å². The second-order valence-corrected chi connectivity index (χ2v) is 8.80. The van der Waals surface area contributed by atoms with Crippen LogP contribution in [-0.4, -0.2) is 38.3 Å². The Hall–Kier alpha value is -4.64. The van der Waals surface area contributed by atoms with E-state index in [2.05, 4.69) is 9.97 Å². The standard InChI is InChI=1S/C25H18N4O6S/c1-2-35-16-9-6-14(7-10-16)22(30)20-21(18-5-3-4-12-26-18)28(24(32)23(20)31)25-27-17-11-8-15(29(33)34)13-19(17)36-25/h3-13,21,30H,2H2,1H3/b22-20+. The lowest BCUT2D eigenvalue weighted by Gasteiger charge is -2.21. The molecule has 1 atom stereocenters. The fourth-order valence-electron chi connectivity index (χ4n) is 4.00. The third-order valence-electron chi connectivity index (χ3n) is 5.63. The van der Waals surface area contributed by atoms with Crippen LogP contribution in [0.1, 0.15) is 24.2 Å². The number of aliphatic hydroxyl groups is 1. The van der Waals surface area contributed by atoms with Gasteiger partial charge in [-0.15, -0.1) is 0 Å². The maximum absolute atomic E-state index is 13.3. The Morgan fingerprint density at radius 3 is 2.61 bits per heavy atom. The zero-order valence-electron chi connectivity index (χ0n) is 18.8. The molecule has 1 unspecified atom stereocenters. The molecule has 4 aromatic rings. The lowest BCUT2D eigenvalue weighted by Crippen LogP contribution is -2.29. The lowest BCUT2D eigenvalue weighted by atomic mass is 9.98. The molecule has 10 nitrogen and oxygen atoms in total. The molecule has 1 N–H and O–H groups in total. The number of ether oxygens (including phenoxy) is 1. The van der Waals surface area contributed by atoms with Crippen LogP contribution >= 0.6 is 11.3 Å². The van der Waals surface area contributed by atoms with Crippen molar-refractivity contribution in [2.45, 2.75) is 13.0 Å². The highest BCUT2D eigenvalue weighted by atomic mass is 32.1. The summed E-state index contributed by atoms with van der Waals surface area (Å²) in [6.07, 6.45) is 1.52. The van der Waals surface area contributed by atoms with Crippen molar-refractivity contribution in [3.8, 4) is 5.75 Å². The molecule has 0 bridgehead atoms. The van der Waals surface area contributed by atoms with Crippen molar-refractivity contribution in [2.24, 2.45) is 0 Å². The predicted molar refractivity (Wildman–Crippen MR) is 133 cm³/mol. The van der Waals surface area contributed by atoms with Crippen molar-refractivity contribution in [1.29, 1.82) is 0 Å². The van der Waals surface area contributed by atoms with Crippen LogP contribution in [0, 0.1) is 10.1 Å². The van der Waals surface area contributed by atoms with E-state index in [4.69, 9.17) is 4.74 Å². The first-order valence-corrected chi connectivity index (χ1v) is 11.7. The van der Waals surface area contributed by atoms with Crippen LogP contribution in [0.2, 0.25) is 0 Å². The van der Waals surface area contributed by atoms with E-state index < -0.39 is 22.7 Å². The van der Waals surface area contributed by atoms with Crippen molar-refractivity contribution in [1.82, 2.24) is 9.97 Å². The number of benzene rings is 2. The normalized spacial score (nSPS) is 17.0. The Kier molecular flexibility index (Phi) is 5.90. The maximum Gasteiger partial charge on any atom is 0.301 e. The highest BCUT2D eigenvalue weighted by molar-refractivity contribution is 7.22. The molecule has 0 spiro atoms. The summed E-state index contributed by atoms with van der Waals surface area (Å²) < 4.78 is 5.91. The summed E-state index contributed by atoms with van der Waals surface area (Å²) in [5.41, 5.74) is 0.880. The molecule has 2 aromatic carbocycles. The summed E-state index contributed by atoms with van der Waals surface area (Å²) in [5.74, 6) is -1.53. The fraction of sp³-hybridized carbons (Fsp3) is 0.120. The van der Waals surface area contributed by atoms with E-state index >= 15 is 0 Å². The fourth-order valence-corrected chi connectivity index (χ4v) is 5.02. The van der Waals surface area contributed by atoms with Gasteiger partial charge in [0.1, 0.15) is 17.6 Å². The number of Topliss-reactive ketones (excluding diaryl/α,β-unsaturated/α-hetero) is 1. The second-order valence-electron chi connectivity index (χ2n) is 7.79. The number of hydrogen-bond donors (Lipinski definition) is 1. The van der Waals surface area contributed by atoms with E-state index in [1.807, 2.05) is 6.92 Å². The molecule has 0 aliphatic carbocycles. The van der Waals surface area contributed by atoms with Crippen molar-refractivity contribution in [3.63, 3.8) is 0 Å². The molecule has 1 aliphatic heterocycles. The summed E-state index contributed by atoms with van der Waals surface area (Å²) >= 11 is 1.04. The first kappa shape index (κ1) is 23.1. The number of hydrogen-bond acceptors (Lipinski definition) is 9. The monoisotopic (exact) mass is 502 g/mol. The smallest absolute Gasteiger partial charge is 0.301 e. The van der Waals surface area contributed by atoms with Crippen molar-refractivity contribution >= 4 is 49.8 Å². The third-order valence-corrected chi connectivity index (χ3v) is 6.65. The SMILES string of the molecule is CCOc1ccc(/C(O)=C2\C(=O)C(=O)N(c3nc4ccc([N+](=O)[O-])cc4s3)C2c2ccccn2)cc1. The van der Waals surface area contributed by atoms with Gasteiger partial charge >= 0.3 is 5.91 Å². The minimum Gasteiger partial charge on any atom is -0.507 e. The van der Waals surface area contributed by atoms with Gasteiger partial charge in [-0.2, -0.15) is 0 Å². The van der Waals surface area contributed by atoms with Crippen LogP contribution in [0.15, 0.2) is 72.4 Å². The second kappa shape index (κ2) is 9.19. The van der Waals surface area contributed by atoms with Gasteiger partial charge in [0.2, 0.25) is 0 Å².